The van der Waals surface area contributed by atoms with E-state index >= 15 is 0 Å². The first-order valence-corrected chi connectivity index (χ1v) is 14.2. The first kappa shape index (κ1) is 27.1. The van der Waals surface area contributed by atoms with Crippen LogP contribution >= 0.6 is 0 Å². The van der Waals surface area contributed by atoms with E-state index in [1.807, 2.05) is 0 Å². The van der Waals surface area contributed by atoms with Gasteiger partial charge in [-0.25, -0.2) is 0 Å². The topological polar surface area (TPSA) is 18.5 Å². The molecule has 1 aliphatic carbocycles. The summed E-state index contributed by atoms with van der Waals surface area (Å²) in [6, 6.07) is 6.59. The van der Waals surface area contributed by atoms with Crippen molar-refractivity contribution < 1.29 is 9.47 Å². The SMILES string of the molecule is CCCCCCCCCCOc1ccc(OCCC)c(C2CCC(CCCCC)CC2)c1. The number of rotatable bonds is 18. The summed E-state index contributed by atoms with van der Waals surface area (Å²) in [5, 5.41) is 0. The first-order valence-electron chi connectivity index (χ1n) is 14.2. The Morgan fingerprint density at radius 3 is 2.00 bits per heavy atom. The molecule has 1 aromatic carbocycles. The minimum Gasteiger partial charge on any atom is -0.494 e. The van der Waals surface area contributed by atoms with Gasteiger partial charge in [0, 0.05) is 5.56 Å². The molecule has 0 unspecified atom stereocenters. The smallest absolute Gasteiger partial charge is 0.123 e. The first-order chi connectivity index (χ1) is 15.8. The highest BCUT2D eigenvalue weighted by atomic mass is 16.5. The van der Waals surface area contributed by atoms with E-state index in [-0.39, 0.29) is 0 Å². The lowest BCUT2D eigenvalue weighted by Crippen LogP contribution is -2.14. The lowest BCUT2D eigenvalue weighted by molar-refractivity contribution is 0.280. The lowest BCUT2D eigenvalue weighted by Gasteiger charge is -2.30. The molecule has 2 rings (SSSR count). The van der Waals surface area contributed by atoms with Gasteiger partial charge in [-0.15, -0.1) is 0 Å². The van der Waals surface area contributed by atoms with Gasteiger partial charge in [0.05, 0.1) is 13.2 Å². The summed E-state index contributed by atoms with van der Waals surface area (Å²) in [6.07, 6.45) is 22.7. The van der Waals surface area contributed by atoms with Crippen molar-refractivity contribution in [1.29, 1.82) is 0 Å². The zero-order valence-corrected chi connectivity index (χ0v) is 21.6. The highest BCUT2D eigenvalue weighted by molar-refractivity contribution is 5.42. The molecule has 1 aliphatic rings. The van der Waals surface area contributed by atoms with Crippen LogP contribution in [0, 0.1) is 5.92 Å². The Balaban J connectivity index is 1.80. The van der Waals surface area contributed by atoms with Gasteiger partial charge in [-0.3, -0.25) is 0 Å². The maximum atomic E-state index is 6.17. The molecule has 2 heteroatoms. The molecule has 0 aromatic heterocycles. The number of hydrogen-bond donors (Lipinski definition) is 0. The summed E-state index contributed by atoms with van der Waals surface area (Å²) in [7, 11) is 0. The van der Waals surface area contributed by atoms with Gasteiger partial charge in [-0.2, -0.15) is 0 Å². The van der Waals surface area contributed by atoms with E-state index in [9.17, 15) is 0 Å². The van der Waals surface area contributed by atoms with Crippen LogP contribution < -0.4 is 9.47 Å². The Bertz CT molecular complexity index is 574. The molecule has 0 spiro atoms. The maximum absolute atomic E-state index is 6.17. The van der Waals surface area contributed by atoms with Crippen LogP contribution in [0.1, 0.15) is 141 Å². The minimum absolute atomic E-state index is 0.635. The quantitative estimate of drug-likeness (QED) is 0.210. The predicted octanol–water partition coefficient (Wildman–Crippen LogP) is 9.85. The van der Waals surface area contributed by atoms with Gasteiger partial charge in [0.1, 0.15) is 11.5 Å². The van der Waals surface area contributed by atoms with Crippen LogP contribution in [-0.2, 0) is 0 Å². The van der Waals surface area contributed by atoms with Crippen LogP contribution in [0.3, 0.4) is 0 Å². The van der Waals surface area contributed by atoms with Crippen molar-refractivity contribution in [1.82, 2.24) is 0 Å². The molecular weight excluding hydrogens is 392 g/mol. The Morgan fingerprint density at radius 2 is 1.31 bits per heavy atom. The molecule has 0 atom stereocenters. The van der Waals surface area contributed by atoms with Crippen molar-refractivity contribution >= 4 is 0 Å². The molecular formula is C30H52O2. The van der Waals surface area contributed by atoms with E-state index in [2.05, 4.69) is 39.0 Å². The van der Waals surface area contributed by atoms with Crippen molar-refractivity contribution in [2.24, 2.45) is 5.92 Å². The summed E-state index contributed by atoms with van der Waals surface area (Å²) in [5.41, 5.74) is 1.40. The number of hydrogen-bond acceptors (Lipinski definition) is 2. The van der Waals surface area contributed by atoms with Gasteiger partial charge in [0.15, 0.2) is 0 Å². The van der Waals surface area contributed by atoms with E-state index in [1.165, 1.54) is 108 Å². The molecule has 32 heavy (non-hydrogen) atoms. The fourth-order valence-corrected chi connectivity index (χ4v) is 5.15. The van der Waals surface area contributed by atoms with Crippen LogP contribution in [0.2, 0.25) is 0 Å². The fourth-order valence-electron chi connectivity index (χ4n) is 5.15. The van der Waals surface area contributed by atoms with Gasteiger partial charge in [-0.1, -0.05) is 91.4 Å². The van der Waals surface area contributed by atoms with Gasteiger partial charge < -0.3 is 9.47 Å². The van der Waals surface area contributed by atoms with E-state index in [4.69, 9.17) is 9.47 Å². The Morgan fingerprint density at radius 1 is 0.656 bits per heavy atom. The highest BCUT2D eigenvalue weighted by Gasteiger charge is 2.25. The summed E-state index contributed by atoms with van der Waals surface area (Å²) in [4.78, 5) is 0. The second-order valence-corrected chi connectivity index (χ2v) is 10.1. The Labute approximate surface area is 199 Å². The summed E-state index contributed by atoms with van der Waals surface area (Å²) < 4.78 is 12.3. The third-order valence-corrected chi connectivity index (χ3v) is 7.21. The van der Waals surface area contributed by atoms with Crippen LogP contribution in [0.4, 0.5) is 0 Å². The molecule has 0 saturated heterocycles. The highest BCUT2D eigenvalue weighted by Crippen LogP contribution is 2.42. The molecule has 0 amide bonds. The van der Waals surface area contributed by atoms with Crippen LogP contribution in [0.25, 0.3) is 0 Å². The Kier molecular flexibility index (Phi) is 14.6. The van der Waals surface area contributed by atoms with E-state index in [0.29, 0.717) is 5.92 Å². The maximum Gasteiger partial charge on any atom is 0.123 e. The van der Waals surface area contributed by atoms with Gasteiger partial charge >= 0.3 is 0 Å². The largest absolute Gasteiger partial charge is 0.494 e. The van der Waals surface area contributed by atoms with Crippen LogP contribution in [-0.4, -0.2) is 13.2 Å². The number of ether oxygens (including phenoxy) is 2. The molecule has 184 valence electrons. The summed E-state index contributed by atoms with van der Waals surface area (Å²) >= 11 is 0. The average Bonchev–Trinajstić information content (AvgIpc) is 2.82. The van der Waals surface area contributed by atoms with Gasteiger partial charge in [-0.05, 0) is 68.6 Å². The lowest BCUT2D eigenvalue weighted by atomic mass is 9.76. The molecule has 0 aliphatic heterocycles. The van der Waals surface area contributed by atoms with Gasteiger partial charge in [0.25, 0.3) is 0 Å². The number of unbranched alkanes of at least 4 members (excludes halogenated alkanes) is 9. The second kappa shape index (κ2) is 17.3. The molecule has 0 N–H and O–H groups in total. The molecule has 1 aromatic rings. The average molecular weight is 445 g/mol. The molecule has 1 fully saturated rings. The summed E-state index contributed by atoms with van der Waals surface area (Å²) in [5.74, 6) is 3.72. The minimum atomic E-state index is 0.635. The monoisotopic (exact) mass is 444 g/mol. The molecule has 0 radical (unpaired) electrons. The summed E-state index contributed by atoms with van der Waals surface area (Å²) in [6.45, 7) is 8.41. The zero-order chi connectivity index (χ0) is 22.9. The van der Waals surface area contributed by atoms with Gasteiger partial charge in [0.2, 0.25) is 0 Å². The fraction of sp³-hybridized carbons (Fsp3) is 0.800. The van der Waals surface area contributed by atoms with E-state index < -0.39 is 0 Å². The van der Waals surface area contributed by atoms with E-state index in [0.717, 1.165) is 37.1 Å². The second-order valence-electron chi connectivity index (χ2n) is 10.1. The van der Waals surface area contributed by atoms with Crippen molar-refractivity contribution in [3.8, 4) is 11.5 Å². The van der Waals surface area contributed by atoms with Crippen molar-refractivity contribution in [3.05, 3.63) is 23.8 Å². The zero-order valence-electron chi connectivity index (χ0n) is 21.6. The van der Waals surface area contributed by atoms with Crippen molar-refractivity contribution in [3.63, 3.8) is 0 Å². The molecule has 2 nitrogen and oxygen atoms in total. The Hall–Kier alpha value is -1.18. The molecule has 1 saturated carbocycles. The number of benzene rings is 1. The standard InChI is InChI=1S/C30H52O2/c1-4-7-9-10-11-12-13-15-24-31-28-21-22-30(32-23-6-3)29(25-28)27-19-17-26(18-20-27)16-14-8-5-2/h21-22,25-27H,4-20,23-24H2,1-3H3. The molecule has 0 bridgehead atoms. The normalized spacial score (nSPS) is 18.6. The van der Waals surface area contributed by atoms with Crippen molar-refractivity contribution in [2.45, 2.75) is 136 Å². The predicted molar refractivity (Wildman–Crippen MR) is 139 cm³/mol. The van der Waals surface area contributed by atoms with Crippen molar-refractivity contribution in [2.75, 3.05) is 13.2 Å². The van der Waals surface area contributed by atoms with Crippen LogP contribution in [0.15, 0.2) is 18.2 Å². The molecule has 0 heterocycles. The van der Waals surface area contributed by atoms with Crippen LogP contribution in [0.5, 0.6) is 11.5 Å². The third-order valence-electron chi connectivity index (χ3n) is 7.21. The third kappa shape index (κ3) is 10.6. The van der Waals surface area contributed by atoms with E-state index in [1.54, 1.807) is 0 Å².